The Morgan fingerprint density at radius 1 is 1.19 bits per heavy atom. The monoisotopic (exact) mass is 500 g/mol. The molecule has 186 valence electrons. The Labute approximate surface area is 216 Å². The summed E-state index contributed by atoms with van der Waals surface area (Å²) in [6, 6.07) is 15.9. The number of aromatic nitrogens is 3. The molecule has 0 saturated carbocycles. The lowest BCUT2D eigenvalue weighted by Gasteiger charge is -2.29. The van der Waals surface area contributed by atoms with Gasteiger partial charge in [-0.1, -0.05) is 24.3 Å². The van der Waals surface area contributed by atoms with Crippen LogP contribution in [-0.2, 0) is 11.3 Å². The molecule has 36 heavy (non-hydrogen) atoms. The summed E-state index contributed by atoms with van der Waals surface area (Å²) < 4.78 is 5.80. The maximum Gasteiger partial charge on any atom is 0.158 e. The number of anilines is 2. The number of hydrogen-bond acceptors (Lipinski definition) is 8. The van der Waals surface area contributed by atoms with E-state index < -0.39 is 0 Å². The van der Waals surface area contributed by atoms with Crippen molar-refractivity contribution in [3.63, 3.8) is 0 Å². The van der Waals surface area contributed by atoms with Gasteiger partial charge in [-0.15, -0.1) is 16.4 Å². The molecule has 6 rings (SSSR count). The molecule has 0 amide bonds. The second-order valence-electron chi connectivity index (χ2n) is 10.2. The zero-order chi connectivity index (χ0) is 24.8. The SMILES string of the molecule is Cc1nnc(N[C@H](C)c2ccc(-c3ccccc3CN(C)C)s2)c2cc(N3CC4CC3CO4)cnc12. The molecule has 1 N–H and O–H groups in total. The summed E-state index contributed by atoms with van der Waals surface area (Å²) in [5.41, 5.74) is 5.52. The number of nitrogens with one attached hydrogen (secondary N) is 1. The van der Waals surface area contributed by atoms with Crippen LogP contribution in [0.15, 0.2) is 48.7 Å². The van der Waals surface area contributed by atoms with Gasteiger partial charge >= 0.3 is 0 Å². The number of benzene rings is 1. The predicted octanol–water partition coefficient (Wildman–Crippen LogP) is 5.27. The molecule has 0 aliphatic carbocycles. The van der Waals surface area contributed by atoms with E-state index in [0.29, 0.717) is 12.1 Å². The minimum absolute atomic E-state index is 0.0878. The third-order valence-corrected chi connectivity index (χ3v) is 8.48. The summed E-state index contributed by atoms with van der Waals surface area (Å²) in [5, 5.41) is 13.6. The van der Waals surface area contributed by atoms with Gasteiger partial charge in [0.25, 0.3) is 0 Å². The van der Waals surface area contributed by atoms with E-state index in [9.17, 15) is 0 Å². The van der Waals surface area contributed by atoms with E-state index in [4.69, 9.17) is 9.72 Å². The van der Waals surface area contributed by atoms with Crippen LogP contribution in [0.4, 0.5) is 11.5 Å². The highest BCUT2D eigenvalue weighted by Crippen LogP contribution is 2.37. The number of ether oxygens (including phenoxy) is 1. The van der Waals surface area contributed by atoms with Crippen molar-refractivity contribution in [2.24, 2.45) is 0 Å². The van der Waals surface area contributed by atoms with E-state index in [1.165, 1.54) is 20.9 Å². The fraction of sp³-hybridized carbons (Fsp3) is 0.393. The first-order valence-electron chi connectivity index (χ1n) is 12.6. The van der Waals surface area contributed by atoms with Crippen LogP contribution in [-0.4, -0.2) is 59.5 Å². The van der Waals surface area contributed by atoms with Crippen LogP contribution in [0.5, 0.6) is 0 Å². The summed E-state index contributed by atoms with van der Waals surface area (Å²) in [7, 11) is 4.22. The van der Waals surface area contributed by atoms with Crippen molar-refractivity contribution in [1.82, 2.24) is 20.1 Å². The van der Waals surface area contributed by atoms with Crippen LogP contribution in [0.2, 0.25) is 0 Å². The molecule has 1 aromatic carbocycles. The first-order valence-corrected chi connectivity index (χ1v) is 13.4. The Balaban J connectivity index is 1.28. The molecule has 4 aromatic rings. The van der Waals surface area contributed by atoms with Gasteiger partial charge in [0.05, 0.1) is 47.9 Å². The highest BCUT2D eigenvalue weighted by atomic mass is 32.1. The smallest absolute Gasteiger partial charge is 0.158 e. The summed E-state index contributed by atoms with van der Waals surface area (Å²) in [5.74, 6) is 0.779. The Hall–Kier alpha value is -3.07. The van der Waals surface area contributed by atoms with Crippen molar-refractivity contribution in [2.45, 2.75) is 45.0 Å². The number of hydrogen-bond donors (Lipinski definition) is 1. The lowest BCUT2D eigenvalue weighted by Crippen LogP contribution is -2.36. The molecule has 7 nitrogen and oxygen atoms in total. The fourth-order valence-corrected chi connectivity index (χ4v) is 6.44. The number of morpholine rings is 1. The number of aryl methyl sites for hydroxylation is 1. The van der Waals surface area contributed by atoms with Crippen molar-refractivity contribution in [3.8, 4) is 10.4 Å². The summed E-state index contributed by atoms with van der Waals surface area (Å²) in [6.45, 7) is 6.81. The van der Waals surface area contributed by atoms with E-state index >= 15 is 0 Å². The highest BCUT2D eigenvalue weighted by Gasteiger charge is 2.39. The van der Waals surface area contributed by atoms with Gasteiger partial charge in [0.15, 0.2) is 5.82 Å². The van der Waals surface area contributed by atoms with Crippen LogP contribution in [0.3, 0.4) is 0 Å². The first kappa shape index (κ1) is 23.3. The average Bonchev–Trinajstić information content (AvgIpc) is 3.63. The minimum Gasteiger partial charge on any atom is -0.374 e. The van der Waals surface area contributed by atoms with Gasteiger partial charge in [0.1, 0.15) is 0 Å². The van der Waals surface area contributed by atoms with Gasteiger partial charge in [-0.05, 0) is 63.7 Å². The molecule has 2 fully saturated rings. The predicted molar refractivity (Wildman–Crippen MR) is 147 cm³/mol. The Bertz CT molecular complexity index is 1400. The fourth-order valence-electron chi connectivity index (χ4n) is 5.37. The third kappa shape index (κ3) is 4.34. The zero-order valence-corrected chi connectivity index (χ0v) is 22.0. The van der Waals surface area contributed by atoms with Crippen LogP contribution >= 0.6 is 11.3 Å². The lowest BCUT2D eigenvalue weighted by atomic mass is 10.1. The number of fused-ring (bicyclic) bond motifs is 3. The van der Waals surface area contributed by atoms with Crippen molar-refractivity contribution in [3.05, 3.63) is 64.8 Å². The first-order chi connectivity index (χ1) is 17.5. The van der Waals surface area contributed by atoms with Crippen molar-refractivity contribution in [1.29, 1.82) is 0 Å². The van der Waals surface area contributed by atoms with E-state index in [2.05, 4.69) is 88.8 Å². The molecule has 3 atom stereocenters. The maximum atomic E-state index is 5.80. The topological polar surface area (TPSA) is 66.4 Å². The quantitative estimate of drug-likeness (QED) is 0.371. The molecule has 2 aliphatic heterocycles. The Morgan fingerprint density at radius 2 is 2.06 bits per heavy atom. The number of rotatable bonds is 7. The largest absolute Gasteiger partial charge is 0.374 e. The standard InChI is InChI=1S/C28H32N6OS/c1-17(25-9-10-26(36-25)23-8-6-5-7-19(23)14-33(3)4)30-28-24-12-20(13-29-27(24)18(2)31-32-28)34-15-22-11-21(34)16-35-22/h5-10,12-13,17,21-22H,11,14-16H2,1-4H3,(H,30,32)/t17-,21?,22?/m1/s1. The molecular formula is C28H32N6OS. The van der Waals surface area contributed by atoms with Crippen LogP contribution in [0.1, 0.15) is 35.5 Å². The lowest BCUT2D eigenvalue weighted by molar-refractivity contribution is 0.0991. The second kappa shape index (κ2) is 9.42. The zero-order valence-electron chi connectivity index (χ0n) is 21.2. The van der Waals surface area contributed by atoms with E-state index in [1.54, 1.807) is 0 Å². The number of pyridine rings is 1. The van der Waals surface area contributed by atoms with Crippen LogP contribution in [0, 0.1) is 6.92 Å². The molecule has 2 bridgehead atoms. The molecule has 0 spiro atoms. The Kier molecular flexibility index (Phi) is 6.11. The van der Waals surface area contributed by atoms with Crippen molar-refractivity contribution in [2.75, 3.05) is 37.5 Å². The molecule has 0 radical (unpaired) electrons. The second-order valence-corrected chi connectivity index (χ2v) is 11.3. The van der Waals surface area contributed by atoms with Gasteiger partial charge in [-0.2, -0.15) is 5.10 Å². The molecule has 2 aliphatic rings. The highest BCUT2D eigenvalue weighted by molar-refractivity contribution is 7.15. The summed E-state index contributed by atoms with van der Waals surface area (Å²) in [4.78, 5) is 12.0. The van der Waals surface area contributed by atoms with E-state index in [0.717, 1.165) is 54.2 Å². The van der Waals surface area contributed by atoms with Crippen molar-refractivity contribution >= 4 is 33.7 Å². The number of thiophene rings is 1. The van der Waals surface area contributed by atoms with Crippen molar-refractivity contribution < 1.29 is 4.74 Å². The van der Waals surface area contributed by atoms with Gasteiger partial charge in [-0.3, -0.25) is 4.98 Å². The minimum atomic E-state index is 0.0878. The maximum absolute atomic E-state index is 5.80. The third-order valence-electron chi connectivity index (χ3n) is 7.18. The molecule has 2 saturated heterocycles. The van der Waals surface area contributed by atoms with Gasteiger partial charge in [-0.25, -0.2) is 0 Å². The van der Waals surface area contributed by atoms with Gasteiger partial charge in [0, 0.05) is 28.2 Å². The van der Waals surface area contributed by atoms with Gasteiger partial charge in [0.2, 0.25) is 0 Å². The van der Waals surface area contributed by atoms with E-state index in [1.807, 2.05) is 24.5 Å². The average molecular weight is 501 g/mol. The molecule has 3 aromatic heterocycles. The molecular weight excluding hydrogens is 468 g/mol. The normalized spacial score (nSPS) is 20.0. The van der Waals surface area contributed by atoms with Crippen LogP contribution in [0.25, 0.3) is 21.3 Å². The van der Waals surface area contributed by atoms with Crippen LogP contribution < -0.4 is 10.2 Å². The molecule has 2 unspecified atom stereocenters. The Morgan fingerprint density at radius 3 is 2.83 bits per heavy atom. The van der Waals surface area contributed by atoms with E-state index in [-0.39, 0.29) is 6.04 Å². The molecule has 8 heteroatoms. The molecule has 5 heterocycles. The summed E-state index contributed by atoms with van der Waals surface area (Å²) >= 11 is 1.83. The van der Waals surface area contributed by atoms with Gasteiger partial charge < -0.3 is 19.9 Å². The summed E-state index contributed by atoms with van der Waals surface area (Å²) in [6.07, 6.45) is 3.42. The number of nitrogens with zero attached hydrogens (tertiary/aromatic N) is 5.